The molecular weight excluding hydrogens is 382 g/mol. The molecule has 0 bridgehead atoms. The number of rotatable bonds is 3. The summed E-state index contributed by atoms with van der Waals surface area (Å²) >= 11 is 3.46. The molecule has 2 aromatic carbocycles. The van der Waals surface area contributed by atoms with Crippen molar-refractivity contribution in [1.29, 1.82) is 0 Å². The number of carbonyl (C=O) groups is 1. The van der Waals surface area contributed by atoms with Crippen molar-refractivity contribution < 1.29 is 9.21 Å². The minimum absolute atomic E-state index is 0.121. The summed E-state index contributed by atoms with van der Waals surface area (Å²) < 4.78 is 6.70. The van der Waals surface area contributed by atoms with Crippen molar-refractivity contribution in [3.8, 4) is 0 Å². The molecule has 0 radical (unpaired) electrons. The first-order valence-electron chi connectivity index (χ1n) is 7.85. The second-order valence-corrected chi connectivity index (χ2v) is 6.79. The van der Waals surface area contributed by atoms with Crippen LogP contribution in [0.1, 0.15) is 27.7 Å². The van der Waals surface area contributed by atoms with Gasteiger partial charge in [-0.2, -0.15) is 0 Å². The Morgan fingerprint density at radius 3 is 2.72 bits per heavy atom. The molecule has 4 nitrogen and oxygen atoms in total. The summed E-state index contributed by atoms with van der Waals surface area (Å²) in [5.74, 6) is -0.168. The molecule has 1 atom stereocenters. The van der Waals surface area contributed by atoms with Gasteiger partial charge in [0.2, 0.25) is 5.76 Å². The maximum Gasteiger partial charge on any atom is 0.291 e. The van der Waals surface area contributed by atoms with Gasteiger partial charge in [0.15, 0.2) is 5.43 Å². The van der Waals surface area contributed by atoms with Crippen molar-refractivity contribution in [3.05, 3.63) is 92.8 Å². The van der Waals surface area contributed by atoms with Gasteiger partial charge in [-0.05, 0) is 29.8 Å². The molecule has 124 valence electrons. The van der Waals surface area contributed by atoms with Crippen LogP contribution < -0.4 is 5.43 Å². The highest BCUT2D eigenvalue weighted by molar-refractivity contribution is 9.10. The molecule has 0 saturated heterocycles. The van der Waals surface area contributed by atoms with Crippen molar-refractivity contribution in [2.45, 2.75) is 6.04 Å². The Morgan fingerprint density at radius 2 is 1.96 bits per heavy atom. The minimum Gasteiger partial charge on any atom is -0.450 e. The Kier molecular flexibility index (Phi) is 3.81. The summed E-state index contributed by atoms with van der Waals surface area (Å²) in [5.41, 5.74) is 1.50. The highest BCUT2D eigenvalue weighted by Crippen LogP contribution is 2.38. The molecule has 0 N–H and O–H groups in total. The Hall–Kier alpha value is -2.66. The van der Waals surface area contributed by atoms with E-state index in [9.17, 15) is 9.59 Å². The predicted molar refractivity (Wildman–Crippen MR) is 99.7 cm³/mol. The van der Waals surface area contributed by atoms with Crippen LogP contribution in [-0.2, 0) is 0 Å². The molecule has 25 heavy (non-hydrogen) atoms. The monoisotopic (exact) mass is 395 g/mol. The van der Waals surface area contributed by atoms with Gasteiger partial charge in [-0.25, -0.2) is 0 Å². The summed E-state index contributed by atoms with van der Waals surface area (Å²) in [4.78, 5) is 27.6. The third-order valence-corrected chi connectivity index (χ3v) is 4.86. The normalized spacial score (nSPS) is 16.3. The van der Waals surface area contributed by atoms with E-state index < -0.39 is 6.04 Å². The topological polar surface area (TPSA) is 50.5 Å². The zero-order valence-electron chi connectivity index (χ0n) is 13.2. The third kappa shape index (κ3) is 2.43. The van der Waals surface area contributed by atoms with E-state index >= 15 is 0 Å². The Balaban J connectivity index is 2.04. The first-order valence-corrected chi connectivity index (χ1v) is 8.64. The third-order valence-electron chi connectivity index (χ3n) is 4.36. The fourth-order valence-electron chi connectivity index (χ4n) is 3.32. The molecule has 3 aromatic rings. The van der Waals surface area contributed by atoms with E-state index in [0.29, 0.717) is 23.1 Å². The summed E-state index contributed by atoms with van der Waals surface area (Å²) in [7, 11) is 0. The van der Waals surface area contributed by atoms with Crippen LogP contribution >= 0.6 is 15.9 Å². The van der Waals surface area contributed by atoms with Gasteiger partial charge in [-0.15, -0.1) is 6.58 Å². The average Bonchev–Trinajstić information content (AvgIpc) is 2.89. The van der Waals surface area contributed by atoms with E-state index in [4.69, 9.17) is 4.42 Å². The molecule has 0 unspecified atom stereocenters. The highest BCUT2D eigenvalue weighted by atomic mass is 79.9. The van der Waals surface area contributed by atoms with Crippen LogP contribution in [0.25, 0.3) is 11.0 Å². The molecule has 1 aliphatic heterocycles. The van der Waals surface area contributed by atoms with Gasteiger partial charge in [0.25, 0.3) is 5.91 Å². The van der Waals surface area contributed by atoms with E-state index in [-0.39, 0.29) is 17.1 Å². The maximum atomic E-state index is 13.1. The highest BCUT2D eigenvalue weighted by Gasteiger charge is 2.42. The van der Waals surface area contributed by atoms with Gasteiger partial charge in [0, 0.05) is 11.0 Å². The number of hydrogen-bond acceptors (Lipinski definition) is 3. The number of para-hydroxylation sites is 1. The van der Waals surface area contributed by atoms with Crippen molar-refractivity contribution in [2.24, 2.45) is 0 Å². The van der Waals surface area contributed by atoms with Gasteiger partial charge in [-0.1, -0.05) is 46.3 Å². The van der Waals surface area contributed by atoms with E-state index in [2.05, 4.69) is 22.5 Å². The molecule has 1 aromatic heterocycles. The Labute approximate surface area is 152 Å². The smallest absolute Gasteiger partial charge is 0.291 e. The van der Waals surface area contributed by atoms with E-state index in [1.807, 2.05) is 24.3 Å². The van der Waals surface area contributed by atoms with Gasteiger partial charge >= 0.3 is 0 Å². The number of hydrogen-bond donors (Lipinski definition) is 0. The Bertz CT molecular complexity index is 1070. The molecule has 0 aliphatic carbocycles. The first-order chi connectivity index (χ1) is 12.1. The molecule has 1 amide bonds. The molecule has 0 spiro atoms. The van der Waals surface area contributed by atoms with Crippen molar-refractivity contribution in [2.75, 3.05) is 6.54 Å². The standard InChI is InChI=1S/C20H14BrNO3/c1-2-10-22-17(12-6-5-7-13(21)11-12)16-18(23)14-8-3-4-9-15(14)25-19(16)20(22)24/h2-9,11,17H,1,10H2/t17-/m1/s1. The molecule has 0 fully saturated rings. The second kappa shape index (κ2) is 6.01. The van der Waals surface area contributed by atoms with Crippen molar-refractivity contribution in [1.82, 2.24) is 4.90 Å². The summed E-state index contributed by atoms with van der Waals surface area (Å²) in [6, 6.07) is 14.1. The lowest BCUT2D eigenvalue weighted by molar-refractivity contribution is 0.0748. The van der Waals surface area contributed by atoms with Crippen LogP contribution in [0.15, 0.2) is 74.9 Å². The van der Waals surface area contributed by atoms with Crippen LogP contribution in [0.2, 0.25) is 0 Å². The molecular formula is C20H14BrNO3. The lowest BCUT2D eigenvalue weighted by atomic mass is 9.98. The summed E-state index contributed by atoms with van der Waals surface area (Å²) in [6.45, 7) is 4.06. The van der Waals surface area contributed by atoms with Gasteiger partial charge in [0.05, 0.1) is 17.0 Å². The number of nitrogens with zero attached hydrogens (tertiary/aromatic N) is 1. The molecule has 2 heterocycles. The lowest BCUT2D eigenvalue weighted by Crippen LogP contribution is -2.29. The lowest BCUT2D eigenvalue weighted by Gasteiger charge is -2.23. The SMILES string of the molecule is C=CCN1C(=O)c2oc3ccccc3c(=O)c2[C@H]1c1cccc(Br)c1. The summed E-state index contributed by atoms with van der Waals surface area (Å²) in [5, 5.41) is 0.481. The molecule has 5 heteroatoms. The maximum absolute atomic E-state index is 13.1. The fourth-order valence-corrected chi connectivity index (χ4v) is 3.73. The van der Waals surface area contributed by atoms with Gasteiger partial charge in [0.1, 0.15) is 5.58 Å². The van der Waals surface area contributed by atoms with Crippen LogP contribution in [0.3, 0.4) is 0 Å². The fraction of sp³-hybridized carbons (Fsp3) is 0.100. The van der Waals surface area contributed by atoms with E-state index in [0.717, 1.165) is 10.0 Å². The zero-order valence-corrected chi connectivity index (χ0v) is 14.8. The molecule has 0 saturated carbocycles. The number of benzene rings is 2. The van der Waals surface area contributed by atoms with E-state index in [1.165, 1.54) is 0 Å². The molecule has 1 aliphatic rings. The van der Waals surface area contributed by atoms with Crippen LogP contribution in [0, 0.1) is 0 Å². The van der Waals surface area contributed by atoms with Crippen LogP contribution in [0.5, 0.6) is 0 Å². The molecule has 4 rings (SSSR count). The van der Waals surface area contributed by atoms with Crippen LogP contribution in [0.4, 0.5) is 0 Å². The second-order valence-electron chi connectivity index (χ2n) is 5.87. The number of halogens is 1. The van der Waals surface area contributed by atoms with E-state index in [1.54, 1.807) is 35.2 Å². The minimum atomic E-state index is -0.487. The van der Waals surface area contributed by atoms with Gasteiger partial charge < -0.3 is 9.32 Å². The van der Waals surface area contributed by atoms with Crippen molar-refractivity contribution in [3.63, 3.8) is 0 Å². The zero-order chi connectivity index (χ0) is 17.6. The predicted octanol–water partition coefficient (Wildman–Crippen LogP) is 4.29. The van der Waals surface area contributed by atoms with Gasteiger partial charge in [-0.3, -0.25) is 9.59 Å². The quantitative estimate of drug-likeness (QED) is 0.621. The summed E-state index contributed by atoms with van der Waals surface area (Å²) in [6.07, 6.45) is 1.65. The average molecular weight is 396 g/mol. The van der Waals surface area contributed by atoms with Crippen molar-refractivity contribution >= 4 is 32.8 Å². The van der Waals surface area contributed by atoms with Crippen LogP contribution in [-0.4, -0.2) is 17.4 Å². The number of fused-ring (bicyclic) bond motifs is 2. The first kappa shape index (κ1) is 15.8. The Morgan fingerprint density at radius 1 is 1.16 bits per heavy atom. The largest absolute Gasteiger partial charge is 0.450 e. The number of amides is 1. The number of carbonyl (C=O) groups excluding carboxylic acids is 1.